The van der Waals surface area contributed by atoms with Gasteiger partial charge in [0.05, 0.1) is 5.54 Å². The fraction of sp³-hybridized carbons (Fsp3) is 0.923. The molecule has 0 aromatic heterocycles. The van der Waals surface area contributed by atoms with Crippen molar-refractivity contribution < 1.29 is 4.79 Å². The molecule has 0 spiro atoms. The Kier molecular flexibility index (Phi) is 3.73. The summed E-state index contributed by atoms with van der Waals surface area (Å²) in [4.78, 5) is 16.5. The maximum atomic E-state index is 12.0. The zero-order chi connectivity index (χ0) is 12.5. The molecule has 2 aliphatic rings. The molecule has 0 aromatic rings. The van der Waals surface area contributed by atoms with Crippen LogP contribution in [-0.2, 0) is 4.79 Å². The molecule has 1 saturated carbocycles. The van der Waals surface area contributed by atoms with E-state index in [0.717, 1.165) is 51.5 Å². The van der Waals surface area contributed by atoms with Crippen LogP contribution in [0.5, 0.6) is 0 Å². The van der Waals surface area contributed by atoms with Crippen LogP contribution in [0, 0.1) is 5.92 Å². The summed E-state index contributed by atoms with van der Waals surface area (Å²) in [5.74, 6) is 0.939. The molecule has 17 heavy (non-hydrogen) atoms. The monoisotopic (exact) mass is 239 g/mol. The van der Waals surface area contributed by atoms with E-state index in [1.807, 2.05) is 4.90 Å². The largest absolute Gasteiger partial charge is 0.339 e. The smallest absolute Gasteiger partial charge is 0.242 e. The van der Waals surface area contributed by atoms with E-state index in [2.05, 4.69) is 18.7 Å². The summed E-state index contributed by atoms with van der Waals surface area (Å²) < 4.78 is 0. The Hall–Kier alpha value is -0.610. The minimum atomic E-state index is -0.486. The first-order chi connectivity index (χ1) is 8.01. The number of carbonyl (C=O) groups excluding carboxylic acids is 1. The molecule has 2 fully saturated rings. The Morgan fingerprint density at radius 2 is 1.82 bits per heavy atom. The Balaban J connectivity index is 1.72. The van der Waals surface area contributed by atoms with E-state index in [1.165, 1.54) is 6.42 Å². The van der Waals surface area contributed by atoms with Gasteiger partial charge < -0.3 is 10.6 Å². The predicted molar refractivity (Wildman–Crippen MR) is 68.6 cm³/mol. The van der Waals surface area contributed by atoms with Gasteiger partial charge in [-0.25, -0.2) is 0 Å². The van der Waals surface area contributed by atoms with E-state index >= 15 is 0 Å². The van der Waals surface area contributed by atoms with Crippen molar-refractivity contribution in [2.45, 2.75) is 38.6 Å². The van der Waals surface area contributed by atoms with E-state index in [9.17, 15) is 4.79 Å². The lowest BCUT2D eigenvalue weighted by Crippen LogP contribution is -2.54. The summed E-state index contributed by atoms with van der Waals surface area (Å²) in [7, 11) is 0. The zero-order valence-corrected chi connectivity index (χ0v) is 11.1. The van der Waals surface area contributed by atoms with Crippen LogP contribution in [0.3, 0.4) is 0 Å². The summed E-state index contributed by atoms with van der Waals surface area (Å²) in [5, 5.41) is 0. The highest BCUT2D eigenvalue weighted by atomic mass is 16.2. The summed E-state index contributed by atoms with van der Waals surface area (Å²) in [6, 6.07) is 0. The first-order valence-electron chi connectivity index (χ1n) is 6.82. The second-order valence-electron chi connectivity index (χ2n) is 5.97. The van der Waals surface area contributed by atoms with Crippen molar-refractivity contribution in [3.05, 3.63) is 0 Å². The molecular weight excluding hydrogens is 214 g/mol. The quantitative estimate of drug-likeness (QED) is 0.784. The van der Waals surface area contributed by atoms with Gasteiger partial charge in [-0.3, -0.25) is 9.69 Å². The molecule has 0 aromatic carbocycles. The van der Waals surface area contributed by atoms with Crippen LogP contribution >= 0.6 is 0 Å². The van der Waals surface area contributed by atoms with Gasteiger partial charge in [-0.1, -0.05) is 13.8 Å². The van der Waals surface area contributed by atoms with Gasteiger partial charge in [-0.15, -0.1) is 0 Å². The highest BCUT2D eigenvalue weighted by molar-refractivity contribution is 5.89. The summed E-state index contributed by atoms with van der Waals surface area (Å²) in [5.41, 5.74) is 5.46. The SMILES string of the molecule is CC(C)CCN1CCN(C(=O)C2(N)CC2)CC1. The molecule has 0 unspecified atom stereocenters. The number of nitrogens with two attached hydrogens (primary N) is 1. The molecule has 1 aliphatic heterocycles. The first-order valence-corrected chi connectivity index (χ1v) is 6.82. The van der Waals surface area contributed by atoms with E-state index in [1.54, 1.807) is 0 Å². The normalized spacial score (nSPS) is 24.1. The van der Waals surface area contributed by atoms with Gasteiger partial charge in [0, 0.05) is 26.2 Å². The molecule has 1 saturated heterocycles. The van der Waals surface area contributed by atoms with E-state index in [-0.39, 0.29) is 5.91 Å². The molecule has 98 valence electrons. The number of hydrogen-bond donors (Lipinski definition) is 1. The van der Waals surface area contributed by atoms with Crippen LogP contribution < -0.4 is 5.73 Å². The van der Waals surface area contributed by atoms with Crippen molar-refractivity contribution >= 4 is 5.91 Å². The number of rotatable bonds is 4. The van der Waals surface area contributed by atoms with Gasteiger partial charge in [0.2, 0.25) is 5.91 Å². The lowest BCUT2D eigenvalue weighted by Gasteiger charge is -2.36. The molecule has 0 bridgehead atoms. The molecule has 2 N–H and O–H groups in total. The maximum absolute atomic E-state index is 12.0. The van der Waals surface area contributed by atoms with Crippen LogP contribution in [-0.4, -0.2) is 54.0 Å². The lowest BCUT2D eigenvalue weighted by atomic mass is 10.1. The zero-order valence-electron chi connectivity index (χ0n) is 11.1. The van der Waals surface area contributed by atoms with Gasteiger partial charge in [-0.05, 0) is 31.7 Å². The highest BCUT2D eigenvalue weighted by Gasteiger charge is 2.48. The van der Waals surface area contributed by atoms with Crippen molar-refractivity contribution in [3.63, 3.8) is 0 Å². The number of hydrogen-bond acceptors (Lipinski definition) is 3. The van der Waals surface area contributed by atoms with Crippen molar-refractivity contribution in [1.29, 1.82) is 0 Å². The summed E-state index contributed by atoms with van der Waals surface area (Å²) in [6.07, 6.45) is 2.99. The topological polar surface area (TPSA) is 49.6 Å². The van der Waals surface area contributed by atoms with E-state index in [4.69, 9.17) is 5.73 Å². The van der Waals surface area contributed by atoms with Crippen LogP contribution in [0.4, 0.5) is 0 Å². The van der Waals surface area contributed by atoms with Crippen molar-refractivity contribution in [1.82, 2.24) is 9.80 Å². The maximum Gasteiger partial charge on any atom is 0.242 e. The highest BCUT2D eigenvalue weighted by Crippen LogP contribution is 2.34. The van der Waals surface area contributed by atoms with Crippen LogP contribution in [0.1, 0.15) is 33.1 Å². The van der Waals surface area contributed by atoms with Crippen LogP contribution in [0.2, 0.25) is 0 Å². The minimum Gasteiger partial charge on any atom is -0.339 e. The average molecular weight is 239 g/mol. The predicted octanol–water partition coefficient (Wildman–Crippen LogP) is 0.668. The Bertz CT molecular complexity index is 278. The molecule has 2 rings (SSSR count). The third-order valence-corrected chi connectivity index (χ3v) is 3.90. The molecular formula is C13H25N3O. The van der Waals surface area contributed by atoms with Gasteiger partial charge in [0.15, 0.2) is 0 Å². The Labute approximate surface area is 104 Å². The van der Waals surface area contributed by atoms with Crippen molar-refractivity contribution in [2.24, 2.45) is 11.7 Å². The fourth-order valence-corrected chi connectivity index (χ4v) is 2.28. The third-order valence-electron chi connectivity index (χ3n) is 3.90. The molecule has 1 amide bonds. The van der Waals surface area contributed by atoms with Crippen molar-refractivity contribution in [2.75, 3.05) is 32.7 Å². The number of nitrogens with zero attached hydrogens (tertiary/aromatic N) is 2. The molecule has 4 nitrogen and oxygen atoms in total. The molecule has 4 heteroatoms. The van der Waals surface area contributed by atoms with Crippen LogP contribution in [0.15, 0.2) is 0 Å². The van der Waals surface area contributed by atoms with E-state index < -0.39 is 5.54 Å². The first kappa shape index (κ1) is 12.8. The van der Waals surface area contributed by atoms with E-state index in [0.29, 0.717) is 0 Å². The van der Waals surface area contributed by atoms with Crippen LogP contribution in [0.25, 0.3) is 0 Å². The molecule has 0 atom stereocenters. The summed E-state index contributed by atoms with van der Waals surface area (Å²) >= 11 is 0. The summed E-state index contributed by atoms with van der Waals surface area (Å²) in [6.45, 7) is 9.40. The van der Waals surface area contributed by atoms with Gasteiger partial charge in [0.25, 0.3) is 0 Å². The second kappa shape index (κ2) is 4.94. The standard InChI is InChI=1S/C13H25N3O/c1-11(2)3-6-15-7-9-16(10-8-15)12(17)13(14)4-5-13/h11H,3-10,14H2,1-2H3. The fourth-order valence-electron chi connectivity index (χ4n) is 2.28. The van der Waals surface area contributed by atoms with Gasteiger partial charge in [0.1, 0.15) is 0 Å². The third kappa shape index (κ3) is 3.19. The molecule has 0 radical (unpaired) electrons. The second-order valence-corrected chi connectivity index (χ2v) is 5.97. The number of amides is 1. The lowest BCUT2D eigenvalue weighted by molar-refractivity contribution is -0.135. The van der Waals surface area contributed by atoms with Gasteiger partial charge >= 0.3 is 0 Å². The molecule has 1 heterocycles. The average Bonchev–Trinajstić information content (AvgIpc) is 3.06. The number of carbonyl (C=O) groups is 1. The Morgan fingerprint density at radius 1 is 1.24 bits per heavy atom. The number of piperazine rings is 1. The van der Waals surface area contributed by atoms with Crippen molar-refractivity contribution in [3.8, 4) is 0 Å². The molecule has 1 aliphatic carbocycles. The van der Waals surface area contributed by atoms with Gasteiger partial charge in [-0.2, -0.15) is 0 Å². The minimum absolute atomic E-state index is 0.181. The Morgan fingerprint density at radius 3 is 2.29 bits per heavy atom.